The van der Waals surface area contributed by atoms with Crippen molar-refractivity contribution in [2.75, 3.05) is 5.32 Å². The predicted octanol–water partition coefficient (Wildman–Crippen LogP) is 3.60. The molecule has 1 aromatic carbocycles. The van der Waals surface area contributed by atoms with E-state index in [0.29, 0.717) is 21.5 Å². The Morgan fingerprint density at radius 1 is 1.41 bits per heavy atom. The van der Waals surface area contributed by atoms with E-state index in [4.69, 9.17) is 11.6 Å². The summed E-state index contributed by atoms with van der Waals surface area (Å²) in [4.78, 5) is 20.0. The Kier molecular flexibility index (Phi) is 4.23. The van der Waals surface area contributed by atoms with Gasteiger partial charge in [0.15, 0.2) is 0 Å². The molecule has 2 heterocycles. The van der Waals surface area contributed by atoms with E-state index in [1.165, 1.54) is 18.5 Å². The van der Waals surface area contributed by atoms with Crippen LogP contribution in [0.15, 0.2) is 24.5 Å². The van der Waals surface area contributed by atoms with Gasteiger partial charge >= 0.3 is 142 Å². The van der Waals surface area contributed by atoms with Gasteiger partial charge in [0.1, 0.15) is 0 Å². The minimum absolute atomic E-state index is 0.0263. The second-order valence-corrected chi connectivity index (χ2v) is 7.88. The topological polar surface area (TPSA) is 54.9 Å². The number of nitrogens with one attached hydrogen (secondary N) is 1. The zero-order valence-corrected chi connectivity index (χ0v) is 14.6. The SMILES string of the molecule is Cc1[se]c(C(=O)S)c2ncnc(Nc3ccc(F)c(Cl)c3)c12. The zero-order chi connectivity index (χ0) is 15.9. The van der Waals surface area contributed by atoms with Gasteiger partial charge in [-0.25, -0.2) is 0 Å². The normalized spacial score (nSPS) is 10.9. The molecule has 4 nitrogen and oxygen atoms in total. The van der Waals surface area contributed by atoms with Gasteiger partial charge in [0.05, 0.1) is 0 Å². The Bertz CT molecular complexity index is 899. The molecule has 112 valence electrons. The van der Waals surface area contributed by atoms with Crippen LogP contribution in [0.3, 0.4) is 0 Å². The van der Waals surface area contributed by atoms with Gasteiger partial charge in [-0.05, 0) is 0 Å². The van der Waals surface area contributed by atoms with Crippen LogP contribution in [0.2, 0.25) is 5.02 Å². The standard InChI is InChI=1S/C14H9ClFN3OSSe/c1-6-10-11(12(22-6)14(20)21)17-5-18-13(10)19-7-2-3-9(16)8(15)4-7/h2-5H,1H3,(H,20,21)(H,17,18,19). The number of benzene rings is 1. The third-order valence-corrected chi connectivity index (χ3v) is 6.19. The summed E-state index contributed by atoms with van der Waals surface area (Å²) in [5, 5.41) is 3.66. The molecule has 0 aliphatic rings. The molecule has 22 heavy (non-hydrogen) atoms. The second kappa shape index (κ2) is 6.01. The van der Waals surface area contributed by atoms with E-state index in [2.05, 4.69) is 27.9 Å². The number of rotatable bonds is 3. The van der Waals surface area contributed by atoms with Gasteiger partial charge in [-0.15, -0.1) is 0 Å². The molecule has 1 N–H and O–H groups in total. The molecule has 0 spiro atoms. The van der Waals surface area contributed by atoms with Crippen LogP contribution in [0, 0.1) is 12.7 Å². The summed E-state index contributed by atoms with van der Waals surface area (Å²) < 4.78 is 14.9. The Morgan fingerprint density at radius 3 is 2.86 bits per heavy atom. The molecule has 0 radical (unpaired) electrons. The average molecular weight is 401 g/mol. The number of carbonyl (C=O) groups is 1. The van der Waals surface area contributed by atoms with E-state index in [0.717, 1.165) is 9.82 Å². The van der Waals surface area contributed by atoms with Crippen LogP contribution in [0.5, 0.6) is 0 Å². The molecule has 0 bridgehead atoms. The van der Waals surface area contributed by atoms with Crippen molar-refractivity contribution in [2.45, 2.75) is 6.92 Å². The Hall–Kier alpha value is -1.40. The molecule has 3 rings (SSSR count). The van der Waals surface area contributed by atoms with Gasteiger partial charge in [0.25, 0.3) is 0 Å². The first-order chi connectivity index (χ1) is 10.5. The van der Waals surface area contributed by atoms with Gasteiger partial charge < -0.3 is 0 Å². The third kappa shape index (κ3) is 2.77. The first kappa shape index (κ1) is 15.5. The van der Waals surface area contributed by atoms with Crippen LogP contribution in [-0.4, -0.2) is 29.6 Å². The molecule has 8 heteroatoms. The number of thiol groups is 1. The number of aromatic nitrogens is 2. The van der Waals surface area contributed by atoms with Gasteiger partial charge in [0, 0.05) is 0 Å². The first-order valence-electron chi connectivity index (χ1n) is 6.17. The Morgan fingerprint density at radius 2 is 2.18 bits per heavy atom. The third-order valence-electron chi connectivity index (χ3n) is 3.05. The monoisotopic (exact) mass is 401 g/mol. The fraction of sp³-hybridized carbons (Fsp3) is 0.0714. The second-order valence-electron chi connectivity index (χ2n) is 4.49. The molecule has 0 aliphatic carbocycles. The summed E-state index contributed by atoms with van der Waals surface area (Å²) in [7, 11) is 0. The van der Waals surface area contributed by atoms with Crippen LogP contribution in [0.1, 0.15) is 13.7 Å². The van der Waals surface area contributed by atoms with E-state index >= 15 is 0 Å². The van der Waals surface area contributed by atoms with Gasteiger partial charge in [-0.1, -0.05) is 0 Å². The molecule has 0 amide bonds. The van der Waals surface area contributed by atoms with Gasteiger partial charge in [-0.3, -0.25) is 0 Å². The van der Waals surface area contributed by atoms with Crippen molar-refractivity contribution in [3.05, 3.63) is 44.2 Å². The molecular weight excluding hydrogens is 392 g/mol. The van der Waals surface area contributed by atoms with Crippen LogP contribution >= 0.6 is 24.2 Å². The molecule has 0 fully saturated rings. The molecular formula is C14H9ClFN3OSSe. The van der Waals surface area contributed by atoms with Crippen molar-refractivity contribution in [2.24, 2.45) is 0 Å². The number of halogens is 2. The predicted molar refractivity (Wildman–Crippen MR) is 89.2 cm³/mol. The van der Waals surface area contributed by atoms with E-state index in [-0.39, 0.29) is 24.6 Å². The van der Waals surface area contributed by atoms with E-state index in [1.54, 1.807) is 6.07 Å². The summed E-state index contributed by atoms with van der Waals surface area (Å²) in [5.41, 5.74) is 1.22. The fourth-order valence-electron chi connectivity index (χ4n) is 2.09. The fourth-order valence-corrected chi connectivity index (χ4v) is 4.59. The number of aryl methyl sites for hydroxylation is 1. The number of carbonyl (C=O) groups excluding carboxylic acids is 1. The maximum atomic E-state index is 13.2. The van der Waals surface area contributed by atoms with Crippen molar-refractivity contribution < 1.29 is 9.18 Å². The van der Waals surface area contributed by atoms with Crippen molar-refractivity contribution in [1.82, 2.24) is 9.97 Å². The van der Waals surface area contributed by atoms with Gasteiger partial charge in [-0.2, -0.15) is 0 Å². The molecule has 0 saturated heterocycles. The molecule has 0 unspecified atom stereocenters. The van der Waals surface area contributed by atoms with Crippen molar-refractivity contribution in [3.63, 3.8) is 0 Å². The average Bonchev–Trinajstić information content (AvgIpc) is 2.82. The van der Waals surface area contributed by atoms with E-state index in [9.17, 15) is 9.18 Å². The summed E-state index contributed by atoms with van der Waals surface area (Å²) in [6.07, 6.45) is 1.39. The van der Waals surface area contributed by atoms with Crippen molar-refractivity contribution >= 4 is 66.3 Å². The van der Waals surface area contributed by atoms with Crippen LogP contribution in [0.25, 0.3) is 10.9 Å². The van der Waals surface area contributed by atoms with Gasteiger partial charge in [0.2, 0.25) is 0 Å². The molecule has 0 aliphatic heterocycles. The Labute approximate surface area is 141 Å². The van der Waals surface area contributed by atoms with Crippen LogP contribution in [-0.2, 0) is 0 Å². The summed E-state index contributed by atoms with van der Waals surface area (Å²) in [5.74, 6) is 0.0825. The van der Waals surface area contributed by atoms with Crippen LogP contribution < -0.4 is 5.32 Å². The molecule has 3 aromatic rings. The minimum atomic E-state index is -0.484. The first-order valence-corrected chi connectivity index (χ1v) is 8.70. The summed E-state index contributed by atoms with van der Waals surface area (Å²) in [6, 6.07) is 4.33. The number of anilines is 2. The van der Waals surface area contributed by atoms with E-state index < -0.39 is 5.82 Å². The van der Waals surface area contributed by atoms with E-state index in [1.807, 2.05) is 6.92 Å². The van der Waals surface area contributed by atoms with Crippen LogP contribution in [0.4, 0.5) is 15.9 Å². The molecule has 2 aromatic heterocycles. The van der Waals surface area contributed by atoms with Crippen molar-refractivity contribution in [3.8, 4) is 0 Å². The zero-order valence-electron chi connectivity index (χ0n) is 11.2. The number of hydrogen-bond acceptors (Lipinski definition) is 4. The maximum absolute atomic E-state index is 13.2. The number of nitrogens with zero attached hydrogens (tertiary/aromatic N) is 2. The Balaban J connectivity index is 2.11. The quantitative estimate of drug-likeness (QED) is 0.521. The number of hydrogen-bond donors (Lipinski definition) is 2. The molecule has 0 saturated carbocycles. The van der Waals surface area contributed by atoms with Crippen molar-refractivity contribution in [1.29, 1.82) is 0 Å². The summed E-state index contributed by atoms with van der Waals surface area (Å²) >= 11 is 9.57. The molecule has 0 atom stereocenters. The summed E-state index contributed by atoms with van der Waals surface area (Å²) in [6.45, 7) is 1.94. The number of fused-ring (bicyclic) bond motifs is 1.